The summed E-state index contributed by atoms with van der Waals surface area (Å²) in [5.74, 6) is 4.20. The average molecular weight is 608 g/mol. The van der Waals surface area contributed by atoms with E-state index in [1.807, 2.05) is 18.2 Å². The second kappa shape index (κ2) is 15.8. The molecular formula is C32H41N5O7. The van der Waals surface area contributed by atoms with E-state index >= 15 is 0 Å². The van der Waals surface area contributed by atoms with Crippen LogP contribution >= 0.6 is 0 Å². The van der Waals surface area contributed by atoms with Crippen molar-refractivity contribution < 1.29 is 33.8 Å². The molecule has 3 amide bonds. The first-order valence-corrected chi connectivity index (χ1v) is 14.8. The molecule has 1 saturated heterocycles. The molecule has 2 aromatic rings. The zero-order chi connectivity index (χ0) is 32.3. The number of piperazine rings is 1. The topological polar surface area (TPSA) is 151 Å². The van der Waals surface area contributed by atoms with Crippen LogP contribution in [0, 0.1) is 11.8 Å². The molecule has 1 aliphatic heterocycles. The Morgan fingerprint density at radius 1 is 1.02 bits per heavy atom. The van der Waals surface area contributed by atoms with Gasteiger partial charge in [-0.25, -0.2) is 14.8 Å². The van der Waals surface area contributed by atoms with Gasteiger partial charge in [0.2, 0.25) is 5.91 Å². The van der Waals surface area contributed by atoms with Crippen LogP contribution in [0.4, 0.5) is 4.79 Å². The molecule has 1 unspecified atom stereocenters. The van der Waals surface area contributed by atoms with Gasteiger partial charge < -0.3 is 29.7 Å². The number of carbonyl (C=O) groups is 4. The standard InChI is InChI=1S/C32H41N5O7/c1-6-24(38)14-13-23-21-26(34-28(33-23)22-11-9-8-10-12-22)29(40)35-25(15-16-27(39)44-32(3,4)5)30(41)36-17-19-37(20-18-36)31(42)43-7-2/h8-12,21,24-25,38H,6-7,15-20H2,1-5H3,(H,35,40)/t24-,25?/m0/s1. The maximum absolute atomic E-state index is 13.7. The third kappa shape index (κ3) is 10.3. The minimum atomic E-state index is -1.07. The normalized spacial score (nSPS) is 14.5. The van der Waals surface area contributed by atoms with E-state index in [1.54, 1.807) is 51.7 Å². The highest BCUT2D eigenvalue weighted by atomic mass is 16.6. The van der Waals surface area contributed by atoms with Crippen molar-refractivity contribution in [1.29, 1.82) is 0 Å². The lowest BCUT2D eigenvalue weighted by Gasteiger charge is -2.36. The number of esters is 1. The molecule has 1 aliphatic rings. The van der Waals surface area contributed by atoms with Gasteiger partial charge in [-0.1, -0.05) is 43.2 Å². The van der Waals surface area contributed by atoms with Crippen molar-refractivity contribution >= 4 is 23.9 Å². The summed E-state index contributed by atoms with van der Waals surface area (Å²) in [6, 6.07) is 9.36. The first-order chi connectivity index (χ1) is 20.9. The number of hydrogen-bond acceptors (Lipinski definition) is 9. The van der Waals surface area contributed by atoms with Gasteiger partial charge in [-0.15, -0.1) is 0 Å². The van der Waals surface area contributed by atoms with Crippen LogP contribution in [-0.4, -0.2) is 99.3 Å². The maximum Gasteiger partial charge on any atom is 0.409 e. The zero-order valence-corrected chi connectivity index (χ0v) is 26.0. The van der Waals surface area contributed by atoms with E-state index < -0.39 is 41.6 Å². The molecule has 2 atom stereocenters. The Bertz CT molecular complexity index is 1370. The van der Waals surface area contributed by atoms with Gasteiger partial charge in [0.1, 0.15) is 29.1 Å². The van der Waals surface area contributed by atoms with Crippen molar-refractivity contribution in [2.45, 2.75) is 71.6 Å². The molecule has 0 bridgehead atoms. The fraction of sp³-hybridized carbons (Fsp3) is 0.500. The van der Waals surface area contributed by atoms with Gasteiger partial charge in [-0.3, -0.25) is 14.4 Å². The second-order valence-corrected chi connectivity index (χ2v) is 11.2. The average Bonchev–Trinajstić information content (AvgIpc) is 3.01. The molecule has 3 rings (SSSR count). The van der Waals surface area contributed by atoms with E-state index in [0.29, 0.717) is 12.0 Å². The summed E-state index contributed by atoms with van der Waals surface area (Å²) in [5, 5.41) is 12.7. The van der Waals surface area contributed by atoms with Crippen LogP contribution in [0.25, 0.3) is 11.4 Å². The van der Waals surface area contributed by atoms with Gasteiger partial charge in [0.15, 0.2) is 5.82 Å². The molecular weight excluding hydrogens is 566 g/mol. The number of benzene rings is 1. The lowest BCUT2D eigenvalue weighted by Crippen LogP contribution is -2.56. The molecule has 0 spiro atoms. The first kappa shape index (κ1) is 34.0. The van der Waals surface area contributed by atoms with Crippen LogP contribution in [-0.2, 0) is 19.1 Å². The van der Waals surface area contributed by atoms with Gasteiger partial charge >= 0.3 is 12.1 Å². The minimum absolute atomic E-state index is 0.0104. The van der Waals surface area contributed by atoms with Crippen LogP contribution < -0.4 is 5.32 Å². The Morgan fingerprint density at radius 3 is 2.30 bits per heavy atom. The number of aliphatic hydroxyl groups excluding tert-OH is 1. The number of hydrogen-bond donors (Lipinski definition) is 2. The fourth-order valence-electron chi connectivity index (χ4n) is 4.29. The smallest absolute Gasteiger partial charge is 0.409 e. The van der Waals surface area contributed by atoms with E-state index in [2.05, 4.69) is 27.1 Å². The summed E-state index contributed by atoms with van der Waals surface area (Å²) in [4.78, 5) is 63.9. The summed E-state index contributed by atoms with van der Waals surface area (Å²) in [7, 11) is 0. The molecule has 2 heterocycles. The molecule has 236 valence electrons. The van der Waals surface area contributed by atoms with E-state index in [-0.39, 0.29) is 62.8 Å². The van der Waals surface area contributed by atoms with E-state index in [0.717, 1.165) is 0 Å². The molecule has 12 nitrogen and oxygen atoms in total. The second-order valence-electron chi connectivity index (χ2n) is 11.2. The molecule has 0 aliphatic carbocycles. The Morgan fingerprint density at radius 2 is 1.68 bits per heavy atom. The summed E-state index contributed by atoms with van der Waals surface area (Å²) < 4.78 is 10.5. The summed E-state index contributed by atoms with van der Waals surface area (Å²) in [6.07, 6.45) is -1.00. The molecule has 1 fully saturated rings. The van der Waals surface area contributed by atoms with Crippen molar-refractivity contribution in [1.82, 2.24) is 25.1 Å². The van der Waals surface area contributed by atoms with Gasteiger partial charge in [0.05, 0.1) is 6.61 Å². The number of nitrogens with zero attached hydrogens (tertiary/aromatic N) is 4. The number of carbonyl (C=O) groups excluding carboxylic acids is 4. The summed E-state index contributed by atoms with van der Waals surface area (Å²) in [6.45, 7) is 10.0. The van der Waals surface area contributed by atoms with Crippen LogP contribution in [0.2, 0.25) is 0 Å². The van der Waals surface area contributed by atoms with E-state index in [9.17, 15) is 24.3 Å². The van der Waals surface area contributed by atoms with Crippen molar-refractivity contribution in [2.24, 2.45) is 0 Å². The SMILES string of the molecule is CCOC(=O)N1CCN(C(=O)C(CCC(=O)OC(C)(C)C)NC(=O)c2cc(C#C[C@@H](O)CC)nc(-c3ccccc3)n2)CC1. The number of amides is 3. The van der Waals surface area contributed by atoms with Crippen LogP contribution in [0.5, 0.6) is 0 Å². The number of aromatic nitrogens is 2. The summed E-state index contributed by atoms with van der Waals surface area (Å²) in [5.41, 5.74) is 0.138. The lowest BCUT2D eigenvalue weighted by molar-refractivity contribution is -0.155. The Hall–Kier alpha value is -4.50. The quantitative estimate of drug-likeness (QED) is 0.324. The Balaban J connectivity index is 1.86. The third-order valence-corrected chi connectivity index (χ3v) is 6.52. The van der Waals surface area contributed by atoms with Gasteiger partial charge in [-0.05, 0) is 46.5 Å². The highest BCUT2D eigenvalue weighted by Crippen LogP contribution is 2.17. The van der Waals surface area contributed by atoms with Gasteiger partial charge in [0.25, 0.3) is 5.91 Å². The fourth-order valence-corrected chi connectivity index (χ4v) is 4.29. The molecule has 12 heteroatoms. The van der Waals surface area contributed by atoms with E-state index in [1.165, 1.54) is 11.0 Å². The zero-order valence-electron chi connectivity index (χ0n) is 26.0. The highest BCUT2D eigenvalue weighted by molar-refractivity contribution is 5.96. The van der Waals surface area contributed by atoms with Gasteiger partial charge in [-0.2, -0.15) is 0 Å². The van der Waals surface area contributed by atoms with Crippen molar-refractivity contribution in [2.75, 3.05) is 32.8 Å². The molecule has 1 aromatic heterocycles. The highest BCUT2D eigenvalue weighted by Gasteiger charge is 2.32. The molecule has 44 heavy (non-hydrogen) atoms. The first-order valence-electron chi connectivity index (χ1n) is 14.8. The Kier molecular flexibility index (Phi) is 12.2. The van der Waals surface area contributed by atoms with E-state index in [4.69, 9.17) is 9.47 Å². The van der Waals surface area contributed by atoms with Crippen molar-refractivity contribution in [3.8, 4) is 23.2 Å². The predicted octanol–water partition coefficient (Wildman–Crippen LogP) is 2.79. The number of ether oxygens (including phenoxy) is 2. The van der Waals surface area contributed by atoms with Crippen LogP contribution in [0.15, 0.2) is 36.4 Å². The minimum Gasteiger partial charge on any atom is -0.460 e. The number of aliphatic hydroxyl groups is 1. The number of rotatable bonds is 9. The molecule has 1 aromatic carbocycles. The molecule has 0 radical (unpaired) electrons. The van der Waals surface area contributed by atoms with Crippen LogP contribution in [0.1, 0.15) is 70.1 Å². The third-order valence-electron chi connectivity index (χ3n) is 6.52. The monoisotopic (exact) mass is 607 g/mol. The summed E-state index contributed by atoms with van der Waals surface area (Å²) >= 11 is 0. The molecule has 0 saturated carbocycles. The largest absolute Gasteiger partial charge is 0.460 e. The Labute approximate surface area is 258 Å². The predicted molar refractivity (Wildman–Crippen MR) is 162 cm³/mol. The lowest BCUT2D eigenvalue weighted by atomic mass is 10.1. The van der Waals surface area contributed by atoms with Crippen molar-refractivity contribution in [3.05, 3.63) is 47.8 Å². The molecule has 2 N–H and O–H groups in total. The van der Waals surface area contributed by atoms with Gasteiger partial charge in [0, 0.05) is 44.2 Å². The maximum atomic E-state index is 13.7. The number of nitrogens with one attached hydrogen (secondary N) is 1. The van der Waals surface area contributed by atoms with Crippen molar-refractivity contribution in [3.63, 3.8) is 0 Å². The van der Waals surface area contributed by atoms with Crippen LogP contribution in [0.3, 0.4) is 0 Å².